The zero-order valence-electron chi connectivity index (χ0n) is 16.5. The summed E-state index contributed by atoms with van der Waals surface area (Å²) >= 11 is 0. The smallest absolute Gasteiger partial charge is 0.269 e. The van der Waals surface area contributed by atoms with Crippen molar-refractivity contribution in [2.24, 2.45) is 0 Å². The molecule has 0 radical (unpaired) electrons. The molecule has 4 heteroatoms. The predicted octanol–water partition coefficient (Wildman–Crippen LogP) is 6.17. The van der Waals surface area contributed by atoms with Crippen LogP contribution in [0.2, 0.25) is 0 Å². The molecule has 0 aliphatic carbocycles. The highest BCUT2D eigenvalue weighted by Gasteiger charge is 2.22. The lowest BCUT2D eigenvalue weighted by Gasteiger charge is -2.12. The van der Waals surface area contributed by atoms with Crippen molar-refractivity contribution in [3.63, 3.8) is 0 Å². The summed E-state index contributed by atoms with van der Waals surface area (Å²) in [5.41, 5.74) is 4.81. The summed E-state index contributed by atoms with van der Waals surface area (Å²) in [4.78, 5) is 0. The monoisotopic (exact) mass is 408 g/mol. The van der Waals surface area contributed by atoms with E-state index in [4.69, 9.17) is 0 Å². The predicted molar refractivity (Wildman–Crippen MR) is 117 cm³/mol. The van der Waals surface area contributed by atoms with Gasteiger partial charge in [-0.15, -0.1) is 0 Å². The molecule has 0 aliphatic heterocycles. The second kappa shape index (κ2) is 8.00. The first-order valence-corrected chi connectivity index (χ1v) is 9.93. The van der Waals surface area contributed by atoms with E-state index in [9.17, 15) is 8.78 Å². The van der Waals surface area contributed by atoms with Gasteiger partial charge < -0.3 is 0 Å². The van der Waals surface area contributed by atoms with Crippen LogP contribution in [0.1, 0.15) is 0 Å². The van der Waals surface area contributed by atoms with E-state index in [1.807, 2.05) is 81.9 Å². The molecule has 5 rings (SSSR count). The van der Waals surface area contributed by atoms with E-state index in [0.29, 0.717) is 11.4 Å². The summed E-state index contributed by atoms with van der Waals surface area (Å²) in [6.07, 6.45) is 3.33. The van der Waals surface area contributed by atoms with Crippen LogP contribution in [0, 0.1) is 18.0 Å². The Morgan fingerprint density at radius 2 is 1.23 bits per heavy atom. The molecular weight excluding hydrogens is 390 g/mol. The summed E-state index contributed by atoms with van der Waals surface area (Å²) in [6.45, 7) is 0. The van der Waals surface area contributed by atoms with Crippen molar-refractivity contribution in [2.45, 2.75) is 0 Å². The maximum absolute atomic E-state index is 14.1. The summed E-state index contributed by atoms with van der Waals surface area (Å²) in [5.74, 6) is -0.672. The second-order valence-corrected chi connectivity index (χ2v) is 7.16. The Morgan fingerprint density at radius 1 is 0.613 bits per heavy atom. The third-order valence-electron chi connectivity index (χ3n) is 5.10. The molecule has 0 spiro atoms. The van der Waals surface area contributed by atoms with Crippen molar-refractivity contribution in [1.82, 2.24) is 4.57 Å². The van der Waals surface area contributed by atoms with Crippen molar-refractivity contribution in [3.8, 4) is 33.9 Å². The van der Waals surface area contributed by atoms with Crippen molar-refractivity contribution in [1.29, 1.82) is 0 Å². The lowest BCUT2D eigenvalue weighted by Crippen LogP contribution is -2.31. The van der Waals surface area contributed by atoms with Gasteiger partial charge in [0.1, 0.15) is 11.6 Å². The summed E-state index contributed by atoms with van der Waals surface area (Å²) < 4.78 is 31.9. The van der Waals surface area contributed by atoms with Gasteiger partial charge in [-0.05, 0) is 47.5 Å². The molecule has 0 atom stereocenters. The molecular formula is C27H18F2N2. The van der Waals surface area contributed by atoms with Gasteiger partial charge in [-0.3, -0.25) is 9.13 Å². The highest BCUT2D eigenvalue weighted by molar-refractivity contribution is 5.78. The molecule has 4 aromatic carbocycles. The Labute approximate surface area is 179 Å². The molecule has 0 unspecified atom stereocenters. The zero-order valence-corrected chi connectivity index (χ0v) is 16.5. The van der Waals surface area contributed by atoms with Crippen LogP contribution in [0.4, 0.5) is 8.78 Å². The average molecular weight is 408 g/mol. The maximum atomic E-state index is 14.1. The molecule has 5 aromatic rings. The van der Waals surface area contributed by atoms with Crippen LogP contribution in [0.25, 0.3) is 33.9 Å². The van der Waals surface area contributed by atoms with Crippen LogP contribution in [0.15, 0.2) is 109 Å². The molecule has 1 heterocycles. The Kier molecular flexibility index (Phi) is 4.89. The minimum Gasteiger partial charge on any atom is -0.291 e. The number of hydrogen-bond donors (Lipinski definition) is 0. The number of nitrogens with zero attached hydrogens (tertiary/aromatic N) is 2. The van der Waals surface area contributed by atoms with Gasteiger partial charge in [-0.2, -0.15) is 0 Å². The molecule has 0 fully saturated rings. The third kappa shape index (κ3) is 3.64. The first-order valence-electron chi connectivity index (χ1n) is 9.93. The Balaban J connectivity index is 1.90. The summed E-state index contributed by atoms with van der Waals surface area (Å²) in [6, 6.07) is 32.5. The van der Waals surface area contributed by atoms with Crippen molar-refractivity contribution in [3.05, 3.63) is 127 Å². The molecule has 1 aromatic heterocycles. The van der Waals surface area contributed by atoms with Gasteiger partial charge in [-0.1, -0.05) is 72.8 Å². The van der Waals surface area contributed by atoms with Crippen molar-refractivity contribution < 1.29 is 13.3 Å². The lowest BCUT2D eigenvalue weighted by atomic mass is 10.0. The topological polar surface area (TPSA) is 8.81 Å². The minimum absolute atomic E-state index is 0.336. The van der Waals surface area contributed by atoms with E-state index in [1.165, 1.54) is 24.3 Å². The Bertz CT molecular complexity index is 1240. The average Bonchev–Trinajstić information content (AvgIpc) is 3.21. The van der Waals surface area contributed by atoms with Crippen molar-refractivity contribution in [2.75, 3.05) is 0 Å². The van der Waals surface area contributed by atoms with E-state index in [1.54, 1.807) is 12.1 Å². The van der Waals surface area contributed by atoms with E-state index in [-0.39, 0.29) is 11.6 Å². The van der Waals surface area contributed by atoms with Gasteiger partial charge in [0.2, 0.25) is 0 Å². The number of benzene rings is 4. The fraction of sp³-hybridized carbons (Fsp3) is 0. The Morgan fingerprint density at radius 3 is 1.87 bits per heavy atom. The third-order valence-corrected chi connectivity index (χ3v) is 5.10. The van der Waals surface area contributed by atoms with Crippen LogP contribution in [0.5, 0.6) is 0 Å². The Hall–Kier alpha value is -4.05. The molecule has 0 saturated heterocycles. The van der Waals surface area contributed by atoms with Gasteiger partial charge in [0.05, 0.1) is 22.8 Å². The largest absolute Gasteiger partial charge is 0.291 e. The van der Waals surface area contributed by atoms with E-state index in [0.717, 1.165) is 22.5 Å². The lowest BCUT2D eigenvalue weighted by molar-refractivity contribution is -0.587. The molecule has 0 aliphatic rings. The van der Waals surface area contributed by atoms with Crippen LogP contribution in [0.3, 0.4) is 0 Å². The highest BCUT2D eigenvalue weighted by atomic mass is 19.1. The zero-order chi connectivity index (χ0) is 21.2. The van der Waals surface area contributed by atoms with Gasteiger partial charge in [-0.25, -0.2) is 8.78 Å². The van der Waals surface area contributed by atoms with Gasteiger partial charge in [0, 0.05) is 0 Å². The summed E-state index contributed by atoms with van der Waals surface area (Å²) in [5, 5.41) is 0. The fourth-order valence-corrected chi connectivity index (χ4v) is 3.74. The van der Waals surface area contributed by atoms with Crippen LogP contribution in [-0.2, 0) is 0 Å². The van der Waals surface area contributed by atoms with E-state index < -0.39 is 0 Å². The maximum Gasteiger partial charge on any atom is 0.269 e. The van der Waals surface area contributed by atoms with Crippen LogP contribution in [-0.4, -0.2) is 4.57 Å². The number of rotatable bonds is 4. The van der Waals surface area contributed by atoms with Crippen LogP contribution >= 0.6 is 0 Å². The number of aromatic nitrogens is 2. The normalized spacial score (nSPS) is 10.9. The number of imidazole rings is 1. The second-order valence-electron chi connectivity index (χ2n) is 7.16. The first kappa shape index (κ1) is 18.9. The van der Waals surface area contributed by atoms with Gasteiger partial charge in [0.25, 0.3) is 6.33 Å². The van der Waals surface area contributed by atoms with Crippen molar-refractivity contribution >= 4 is 0 Å². The van der Waals surface area contributed by atoms with E-state index in [2.05, 4.69) is 6.33 Å². The summed E-state index contributed by atoms with van der Waals surface area (Å²) in [7, 11) is 0. The highest BCUT2D eigenvalue weighted by Crippen LogP contribution is 2.33. The number of hydrogen-bond acceptors (Lipinski definition) is 0. The molecule has 0 saturated carbocycles. The van der Waals surface area contributed by atoms with Crippen LogP contribution < -0.4 is 4.57 Å². The molecule has 0 amide bonds. The fourth-order valence-electron chi connectivity index (χ4n) is 3.74. The minimum atomic E-state index is -0.336. The molecule has 2 nitrogen and oxygen atoms in total. The first-order chi connectivity index (χ1) is 15.2. The van der Waals surface area contributed by atoms with Gasteiger partial charge >= 0.3 is 0 Å². The van der Waals surface area contributed by atoms with E-state index >= 15 is 0 Å². The SMILES string of the molecule is Fc1cccc(-n2[c-][n+](-c3cccc(F)c3)c(-c3ccccc3)c2-c2ccccc2)c1. The number of halogens is 2. The molecule has 0 N–H and O–H groups in total. The molecule has 31 heavy (non-hydrogen) atoms. The standard InChI is InChI=1S/C27H18F2N2/c28-22-13-7-15-24(17-22)30-19-31(25-16-8-14-23(29)18-25)27(21-11-5-2-6-12-21)26(30)20-9-3-1-4-10-20/h1-18H. The van der Waals surface area contributed by atoms with Gasteiger partial charge in [0.15, 0.2) is 0 Å². The quantitative estimate of drug-likeness (QED) is 0.249. The molecule has 0 bridgehead atoms. The molecule has 150 valence electrons.